The predicted molar refractivity (Wildman–Crippen MR) is 114 cm³/mol. The van der Waals surface area contributed by atoms with Gasteiger partial charge in [0.05, 0.1) is 5.92 Å². The smallest absolute Gasteiger partial charge is 0.227 e. The first-order chi connectivity index (χ1) is 12.1. The van der Waals surface area contributed by atoms with E-state index in [0.717, 1.165) is 32.6 Å². The number of carbonyl (C=O) groups excluding carboxylic acids is 1. The summed E-state index contributed by atoms with van der Waals surface area (Å²) < 4.78 is 0. The standard InChI is InChI=1S/C21H31N3O.2ClH/c1-15-9-10-23(11-12-24(15)14-16-5-3-2-4-6-16)21(25)19-17-7-8-18(13-17)20(19)22;;/h2-6,15,17-20H,7-14,22H2,1H3;2*1H. The number of amides is 1. The molecule has 3 fully saturated rings. The normalized spacial score (nSPS) is 33.1. The molecule has 2 saturated carbocycles. The Balaban J connectivity index is 0.00000131. The second kappa shape index (κ2) is 9.60. The summed E-state index contributed by atoms with van der Waals surface area (Å²) >= 11 is 0. The Hall–Kier alpha value is -0.810. The van der Waals surface area contributed by atoms with Crippen LogP contribution in [0.3, 0.4) is 0 Å². The van der Waals surface area contributed by atoms with Crippen molar-refractivity contribution in [2.75, 3.05) is 19.6 Å². The number of nitrogens with zero attached hydrogens (tertiary/aromatic N) is 2. The molecule has 1 aromatic carbocycles. The van der Waals surface area contributed by atoms with Crippen LogP contribution in [0.25, 0.3) is 0 Å². The summed E-state index contributed by atoms with van der Waals surface area (Å²) in [6, 6.07) is 11.3. The molecule has 2 aliphatic carbocycles. The molecule has 3 aliphatic rings. The molecular weight excluding hydrogens is 381 g/mol. The molecule has 1 aromatic rings. The van der Waals surface area contributed by atoms with Gasteiger partial charge in [0.15, 0.2) is 0 Å². The van der Waals surface area contributed by atoms with Gasteiger partial charge in [-0.05, 0) is 50.0 Å². The zero-order valence-electron chi connectivity index (χ0n) is 16.1. The SMILES string of the molecule is CC1CCN(C(=O)C2C3CCC(C3)C2N)CCN1Cc1ccccc1.Cl.Cl. The van der Waals surface area contributed by atoms with E-state index in [-0.39, 0.29) is 36.8 Å². The predicted octanol–water partition coefficient (Wildman–Crippen LogP) is 3.33. The fourth-order valence-electron chi connectivity index (χ4n) is 5.29. The summed E-state index contributed by atoms with van der Waals surface area (Å²) in [4.78, 5) is 17.8. The van der Waals surface area contributed by atoms with Gasteiger partial charge in [0.1, 0.15) is 0 Å². The molecule has 0 radical (unpaired) electrons. The Morgan fingerprint density at radius 2 is 1.74 bits per heavy atom. The van der Waals surface area contributed by atoms with Gasteiger partial charge in [-0.2, -0.15) is 0 Å². The first kappa shape index (κ1) is 22.5. The van der Waals surface area contributed by atoms with E-state index in [0.29, 0.717) is 23.8 Å². The van der Waals surface area contributed by atoms with E-state index in [1.807, 2.05) is 0 Å². The highest BCUT2D eigenvalue weighted by Crippen LogP contribution is 2.48. The molecule has 4 nitrogen and oxygen atoms in total. The number of benzene rings is 1. The van der Waals surface area contributed by atoms with Crippen LogP contribution in [0.15, 0.2) is 30.3 Å². The Morgan fingerprint density at radius 3 is 2.41 bits per heavy atom. The molecule has 5 unspecified atom stereocenters. The highest BCUT2D eigenvalue weighted by Gasteiger charge is 2.50. The largest absolute Gasteiger partial charge is 0.341 e. The number of carbonyl (C=O) groups is 1. The number of hydrogen-bond donors (Lipinski definition) is 1. The molecule has 2 N–H and O–H groups in total. The Kier molecular flexibility index (Phi) is 7.99. The molecule has 1 aliphatic heterocycles. The minimum Gasteiger partial charge on any atom is -0.341 e. The molecule has 6 heteroatoms. The number of rotatable bonds is 3. The van der Waals surface area contributed by atoms with Gasteiger partial charge >= 0.3 is 0 Å². The highest BCUT2D eigenvalue weighted by molar-refractivity contribution is 5.85. The molecule has 2 bridgehead atoms. The first-order valence-corrected chi connectivity index (χ1v) is 9.96. The molecule has 1 heterocycles. The summed E-state index contributed by atoms with van der Waals surface area (Å²) in [6.07, 6.45) is 4.67. The lowest BCUT2D eigenvalue weighted by Crippen LogP contribution is -2.48. The van der Waals surface area contributed by atoms with E-state index < -0.39 is 0 Å². The minimum atomic E-state index is 0. The monoisotopic (exact) mass is 413 g/mol. The zero-order chi connectivity index (χ0) is 17.4. The average molecular weight is 414 g/mol. The van der Waals surface area contributed by atoms with Crippen LogP contribution in [-0.2, 0) is 11.3 Å². The van der Waals surface area contributed by atoms with E-state index in [1.165, 1.54) is 24.8 Å². The molecule has 4 rings (SSSR count). The third-order valence-corrected chi connectivity index (χ3v) is 6.90. The van der Waals surface area contributed by atoms with Gasteiger partial charge in [-0.15, -0.1) is 24.8 Å². The van der Waals surface area contributed by atoms with Crippen molar-refractivity contribution in [2.45, 2.75) is 51.2 Å². The Bertz CT molecular complexity index is 613. The van der Waals surface area contributed by atoms with Crippen molar-refractivity contribution in [3.63, 3.8) is 0 Å². The van der Waals surface area contributed by atoms with E-state index >= 15 is 0 Å². The molecule has 1 amide bonds. The van der Waals surface area contributed by atoms with Crippen molar-refractivity contribution in [3.05, 3.63) is 35.9 Å². The van der Waals surface area contributed by atoms with Crippen molar-refractivity contribution in [1.82, 2.24) is 9.80 Å². The number of nitrogens with two attached hydrogens (primary N) is 1. The van der Waals surface area contributed by atoms with Gasteiger partial charge in [0, 0.05) is 38.3 Å². The van der Waals surface area contributed by atoms with Gasteiger partial charge < -0.3 is 10.6 Å². The lowest BCUT2D eigenvalue weighted by Gasteiger charge is -2.32. The van der Waals surface area contributed by atoms with Crippen LogP contribution in [0.2, 0.25) is 0 Å². The van der Waals surface area contributed by atoms with Crippen LogP contribution < -0.4 is 5.73 Å². The van der Waals surface area contributed by atoms with E-state index in [1.54, 1.807) is 0 Å². The lowest BCUT2D eigenvalue weighted by molar-refractivity contribution is -0.137. The van der Waals surface area contributed by atoms with Crippen LogP contribution >= 0.6 is 24.8 Å². The Morgan fingerprint density at radius 1 is 1.04 bits per heavy atom. The quantitative estimate of drug-likeness (QED) is 0.826. The van der Waals surface area contributed by atoms with Crippen LogP contribution in [0.5, 0.6) is 0 Å². The maximum Gasteiger partial charge on any atom is 0.227 e. The fourth-order valence-corrected chi connectivity index (χ4v) is 5.29. The summed E-state index contributed by atoms with van der Waals surface area (Å²) in [6.45, 7) is 5.94. The number of hydrogen-bond acceptors (Lipinski definition) is 3. The average Bonchev–Trinajstić information content (AvgIpc) is 3.16. The molecule has 5 atom stereocenters. The van der Waals surface area contributed by atoms with Gasteiger partial charge in [-0.1, -0.05) is 30.3 Å². The van der Waals surface area contributed by atoms with E-state index in [9.17, 15) is 4.79 Å². The summed E-state index contributed by atoms with van der Waals surface area (Å²) in [5, 5.41) is 0. The molecule has 0 spiro atoms. The third-order valence-electron chi connectivity index (χ3n) is 6.90. The minimum absolute atomic E-state index is 0. The molecule has 27 heavy (non-hydrogen) atoms. The third kappa shape index (κ3) is 4.61. The van der Waals surface area contributed by atoms with Crippen molar-refractivity contribution in [2.24, 2.45) is 23.5 Å². The van der Waals surface area contributed by atoms with E-state index in [4.69, 9.17) is 5.73 Å². The van der Waals surface area contributed by atoms with E-state index in [2.05, 4.69) is 47.1 Å². The van der Waals surface area contributed by atoms with Gasteiger partial charge in [-0.25, -0.2) is 0 Å². The van der Waals surface area contributed by atoms with Crippen molar-refractivity contribution in [1.29, 1.82) is 0 Å². The van der Waals surface area contributed by atoms with Crippen molar-refractivity contribution < 1.29 is 4.79 Å². The topological polar surface area (TPSA) is 49.6 Å². The van der Waals surface area contributed by atoms with Crippen LogP contribution in [0.1, 0.15) is 38.2 Å². The summed E-state index contributed by atoms with van der Waals surface area (Å²) in [5.74, 6) is 1.58. The fraction of sp³-hybridized carbons (Fsp3) is 0.667. The van der Waals surface area contributed by atoms with Crippen LogP contribution in [0.4, 0.5) is 0 Å². The maximum absolute atomic E-state index is 13.2. The van der Waals surface area contributed by atoms with Crippen molar-refractivity contribution in [3.8, 4) is 0 Å². The van der Waals surface area contributed by atoms with Crippen molar-refractivity contribution >= 4 is 30.7 Å². The Labute approximate surface area is 175 Å². The lowest BCUT2D eigenvalue weighted by atomic mass is 9.84. The van der Waals surface area contributed by atoms with Gasteiger partial charge in [-0.3, -0.25) is 9.69 Å². The number of halogens is 2. The summed E-state index contributed by atoms with van der Waals surface area (Å²) in [7, 11) is 0. The van der Waals surface area contributed by atoms with Crippen LogP contribution in [0, 0.1) is 17.8 Å². The second-order valence-electron chi connectivity index (χ2n) is 8.36. The molecule has 0 aromatic heterocycles. The second-order valence-corrected chi connectivity index (χ2v) is 8.36. The molecule has 1 saturated heterocycles. The van der Waals surface area contributed by atoms with Gasteiger partial charge in [0.25, 0.3) is 0 Å². The first-order valence-electron chi connectivity index (χ1n) is 9.96. The number of fused-ring (bicyclic) bond motifs is 2. The highest BCUT2D eigenvalue weighted by atomic mass is 35.5. The van der Waals surface area contributed by atoms with Crippen LogP contribution in [-0.4, -0.2) is 47.4 Å². The molecule has 152 valence electrons. The summed E-state index contributed by atoms with van der Waals surface area (Å²) in [5.41, 5.74) is 7.76. The van der Waals surface area contributed by atoms with Gasteiger partial charge in [0.2, 0.25) is 5.91 Å². The maximum atomic E-state index is 13.2. The molecular formula is C21H33Cl2N3O. The zero-order valence-corrected chi connectivity index (χ0v) is 17.8.